The SMILES string of the molecule is COc1ccc(Nc2ccc(N)c(C(N)=O)c2)c(C)c1. The van der Waals surface area contributed by atoms with Crippen molar-refractivity contribution in [3.8, 4) is 5.75 Å². The number of primary amides is 1. The van der Waals surface area contributed by atoms with Gasteiger partial charge in [0.2, 0.25) is 0 Å². The number of carbonyl (C=O) groups excluding carboxylic acids is 1. The predicted molar refractivity (Wildman–Crippen MR) is 80.4 cm³/mol. The fraction of sp³-hybridized carbons (Fsp3) is 0.133. The highest BCUT2D eigenvalue weighted by Crippen LogP contribution is 2.26. The number of rotatable bonds is 4. The predicted octanol–water partition coefficient (Wildman–Crippen LogP) is 2.43. The molecule has 2 aromatic rings. The van der Waals surface area contributed by atoms with E-state index in [4.69, 9.17) is 16.2 Å². The molecule has 5 nitrogen and oxygen atoms in total. The van der Waals surface area contributed by atoms with Gasteiger partial charge in [-0.05, 0) is 48.9 Å². The molecule has 0 atom stereocenters. The Morgan fingerprint density at radius 3 is 2.55 bits per heavy atom. The Morgan fingerprint density at radius 2 is 1.95 bits per heavy atom. The van der Waals surface area contributed by atoms with Crippen LogP contribution in [0.3, 0.4) is 0 Å². The molecule has 0 heterocycles. The smallest absolute Gasteiger partial charge is 0.250 e. The fourth-order valence-corrected chi connectivity index (χ4v) is 1.91. The largest absolute Gasteiger partial charge is 0.497 e. The van der Waals surface area contributed by atoms with Gasteiger partial charge in [0.25, 0.3) is 5.91 Å². The maximum absolute atomic E-state index is 11.3. The number of hydrogen-bond donors (Lipinski definition) is 3. The molecule has 0 unspecified atom stereocenters. The van der Waals surface area contributed by atoms with Gasteiger partial charge < -0.3 is 21.5 Å². The van der Waals surface area contributed by atoms with Gasteiger partial charge in [-0.15, -0.1) is 0 Å². The molecule has 0 aliphatic rings. The summed E-state index contributed by atoms with van der Waals surface area (Å²) < 4.78 is 5.16. The Morgan fingerprint density at radius 1 is 1.20 bits per heavy atom. The van der Waals surface area contributed by atoms with Gasteiger partial charge in [-0.2, -0.15) is 0 Å². The van der Waals surface area contributed by atoms with Gasteiger partial charge in [0.15, 0.2) is 0 Å². The Bertz CT molecular complexity index is 654. The number of hydrogen-bond acceptors (Lipinski definition) is 4. The first-order valence-electron chi connectivity index (χ1n) is 6.12. The summed E-state index contributed by atoms with van der Waals surface area (Å²) in [5.41, 5.74) is 14.4. The Balaban J connectivity index is 2.30. The highest BCUT2D eigenvalue weighted by molar-refractivity contribution is 5.99. The molecule has 0 saturated carbocycles. The molecule has 0 fully saturated rings. The molecule has 0 radical (unpaired) electrons. The quantitative estimate of drug-likeness (QED) is 0.745. The topological polar surface area (TPSA) is 90.4 Å². The van der Waals surface area contributed by atoms with Crippen molar-refractivity contribution in [3.05, 3.63) is 47.5 Å². The van der Waals surface area contributed by atoms with Crippen LogP contribution in [0.2, 0.25) is 0 Å². The lowest BCUT2D eigenvalue weighted by atomic mass is 10.1. The summed E-state index contributed by atoms with van der Waals surface area (Å²) >= 11 is 0. The second-order valence-corrected chi connectivity index (χ2v) is 4.47. The van der Waals surface area contributed by atoms with E-state index in [1.54, 1.807) is 25.3 Å². The fourth-order valence-electron chi connectivity index (χ4n) is 1.91. The van der Waals surface area contributed by atoms with E-state index in [1.165, 1.54) is 0 Å². The Hall–Kier alpha value is -2.69. The van der Waals surface area contributed by atoms with Crippen LogP contribution in [0.4, 0.5) is 17.1 Å². The lowest BCUT2D eigenvalue weighted by molar-refractivity contribution is 0.100. The van der Waals surface area contributed by atoms with Crippen molar-refractivity contribution in [3.63, 3.8) is 0 Å². The van der Waals surface area contributed by atoms with Crippen molar-refractivity contribution in [2.75, 3.05) is 18.2 Å². The van der Waals surface area contributed by atoms with E-state index in [1.807, 2.05) is 25.1 Å². The van der Waals surface area contributed by atoms with Crippen LogP contribution in [-0.4, -0.2) is 13.0 Å². The first-order chi connectivity index (χ1) is 9.51. The summed E-state index contributed by atoms with van der Waals surface area (Å²) in [6.45, 7) is 1.97. The zero-order chi connectivity index (χ0) is 14.7. The maximum Gasteiger partial charge on any atom is 0.250 e. The van der Waals surface area contributed by atoms with Gasteiger partial charge in [-0.3, -0.25) is 4.79 Å². The van der Waals surface area contributed by atoms with Crippen molar-refractivity contribution in [2.45, 2.75) is 6.92 Å². The molecule has 5 N–H and O–H groups in total. The molecule has 0 bridgehead atoms. The highest BCUT2D eigenvalue weighted by atomic mass is 16.5. The monoisotopic (exact) mass is 271 g/mol. The third-order valence-electron chi connectivity index (χ3n) is 3.03. The van der Waals surface area contributed by atoms with E-state index in [0.29, 0.717) is 11.3 Å². The summed E-state index contributed by atoms with van der Waals surface area (Å²) in [5.74, 6) is 0.251. The van der Waals surface area contributed by atoms with Crippen molar-refractivity contribution >= 4 is 23.0 Å². The van der Waals surface area contributed by atoms with Gasteiger partial charge in [-0.1, -0.05) is 0 Å². The average molecular weight is 271 g/mol. The van der Waals surface area contributed by atoms with Crippen LogP contribution in [0.25, 0.3) is 0 Å². The molecule has 2 rings (SSSR count). The third kappa shape index (κ3) is 2.83. The molecule has 0 saturated heterocycles. The zero-order valence-corrected chi connectivity index (χ0v) is 11.4. The number of anilines is 3. The molecule has 0 aliphatic carbocycles. The first kappa shape index (κ1) is 13.7. The lowest BCUT2D eigenvalue weighted by Crippen LogP contribution is -2.13. The van der Waals surface area contributed by atoms with E-state index in [0.717, 1.165) is 22.7 Å². The molecule has 0 aromatic heterocycles. The van der Waals surface area contributed by atoms with E-state index in [-0.39, 0.29) is 0 Å². The van der Waals surface area contributed by atoms with Gasteiger partial charge in [0.05, 0.1) is 12.7 Å². The standard InChI is InChI=1S/C15H17N3O2/c1-9-7-11(20-2)4-6-14(9)18-10-3-5-13(16)12(8-10)15(17)19/h3-8,18H,16H2,1-2H3,(H2,17,19). The molecule has 0 spiro atoms. The van der Waals surface area contributed by atoms with Gasteiger partial charge in [-0.25, -0.2) is 0 Å². The number of benzene rings is 2. The molecule has 5 heteroatoms. The molecular weight excluding hydrogens is 254 g/mol. The number of amides is 1. The van der Waals surface area contributed by atoms with Crippen LogP contribution in [-0.2, 0) is 0 Å². The van der Waals surface area contributed by atoms with E-state index < -0.39 is 5.91 Å². The first-order valence-corrected chi connectivity index (χ1v) is 6.12. The van der Waals surface area contributed by atoms with Crippen LogP contribution < -0.4 is 21.5 Å². The van der Waals surface area contributed by atoms with Crippen LogP contribution in [0.1, 0.15) is 15.9 Å². The van der Waals surface area contributed by atoms with Gasteiger partial charge in [0, 0.05) is 17.1 Å². The Kier molecular flexibility index (Phi) is 3.79. The van der Waals surface area contributed by atoms with E-state index in [2.05, 4.69) is 5.32 Å². The molecule has 2 aromatic carbocycles. The second kappa shape index (κ2) is 5.52. The summed E-state index contributed by atoms with van der Waals surface area (Å²) in [6.07, 6.45) is 0. The molecule has 1 amide bonds. The summed E-state index contributed by atoms with van der Waals surface area (Å²) in [4.78, 5) is 11.3. The maximum atomic E-state index is 11.3. The third-order valence-corrected chi connectivity index (χ3v) is 3.03. The Labute approximate surface area is 117 Å². The minimum Gasteiger partial charge on any atom is -0.497 e. The number of carbonyl (C=O) groups is 1. The normalized spacial score (nSPS) is 10.1. The number of nitrogens with one attached hydrogen (secondary N) is 1. The highest BCUT2D eigenvalue weighted by Gasteiger charge is 2.08. The van der Waals surface area contributed by atoms with Crippen LogP contribution in [0.5, 0.6) is 5.75 Å². The molecule has 20 heavy (non-hydrogen) atoms. The molecule has 104 valence electrons. The minimum atomic E-state index is -0.544. The van der Waals surface area contributed by atoms with Crippen LogP contribution in [0.15, 0.2) is 36.4 Å². The second-order valence-electron chi connectivity index (χ2n) is 4.47. The van der Waals surface area contributed by atoms with Crippen LogP contribution >= 0.6 is 0 Å². The number of nitrogens with two attached hydrogens (primary N) is 2. The number of aryl methyl sites for hydroxylation is 1. The summed E-state index contributed by atoms with van der Waals surface area (Å²) in [7, 11) is 1.63. The summed E-state index contributed by atoms with van der Waals surface area (Å²) in [5, 5.41) is 3.23. The van der Waals surface area contributed by atoms with Crippen molar-refractivity contribution < 1.29 is 9.53 Å². The van der Waals surface area contributed by atoms with E-state index in [9.17, 15) is 4.79 Å². The van der Waals surface area contributed by atoms with Crippen molar-refractivity contribution in [2.24, 2.45) is 5.73 Å². The van der Waals surface area contributed by atoms with Gasteiger partial charge in [0.1, 0.15) is 5.75 Å². The van der Waals surface area contributed by atoms with Crippen LogP contribution in [0, 0.1) is 6.92 Å². The lowest BCUT2D eigenvalue weighted by Gasteiger charge is -2.12. The molecule has 0 aliphatic heterocycles. The average Bonchev–Trinajstić information content (AvgIpc) is 2.42. The van der Waals surface area contributed by atoms with Crippen molar-refractivity contribution in [1.29, 1.82) is 0 Å². The minimum absolute atomic E-state index is 0.307. The number of ether oxygens (including phenoxy) is 1. The van der Waals surface area contributed by atoms with E-state index >= 15 is 0 Å². The number of nitrogen functional groups attached to an aromatic ring is 1. The van der Waals surface area contributed by atoms with Gasteiger partial charge >= 0.3 is 0 Å². The zero-order valence-electron chi connectivity index (χ0n) is 11.4. The number of methoxy groups -OCH3 is 1. The summed E-state index contributed by atoms with van der Waals surface area (Å²) in [6, 6.07) is 10.8. The van der Waals surface area contributed by atoms with Crippen molar-refractivity contribution in [1.82, 2.24) is 0 Å². The molecular formula is C15H17N3O2.